The van der Waals surface area contributed by atoms with Crippen LogP contribution in [0.1, 0.15) is 18.5 Å². The molecule has 0 aromatic heterocycles. The number of nitrogens with two attached hydrogens (primary N) is 1. The number of allylic oxidation sites excluding steroid dienone is 3. The highest BCUT2D eigenvalue weighted by atomic mass is 35.5. The van der Waals surface area contributed by atoms with Crippen molar-refractivity contribution in [2.75, 3.05) is 12.4 Å². The van der Waals surface area contributed by atoms with Crippen molar-refractivity contribution in [3.05, 3.63) is 65.2 Å². The van der Waals surface area contributed by atoms with Gasteiger partial charge in [0, 0.05) is 17.8 Å². The van der Waals surface area contributed by atoms with Crippen molar-refractivity contribution in [2.45, 2.75) is 13.0 Å². The van der Waals surface area contributed by atoms with Crippen molar-refractivity contribution in [1.82, 2.24) is 0 Å². The molecule has 3 heteroatoms. The molecule has 0 aliphatic rings. The molecular weight excluding hydrogens is 244 g/mol. The largest absolute Gasteiger partial charge is 0.388 e. The topological polar surface area (TPSA) is 38.0 Å². The molecule has 0 saturated heterocycles. The van der Waals surface area contributed by atoms with Crippen LogP contribution in [-0.4, -0.2) is 7.05 Å². The Morgan fingerprint density at radius 3 is 2.78 bits per heavy atom. The van der Waals surface area contributed by atoms with E-state index in [4.69, 9.17) is 17.3 Å². The van der Waals surface area contributed by atoms with Gasteiger partial charge in [-0.25, -0.2) is 0 Å². The number of benzene rings is 1. The second-order valence-electron chi connectivity index (χ2n) is 3.86. The van der Waals surface area contributed by atoms with Gasteiger partial charge >= 0.3 is 0 Å². The molecule has 0 spiro atoms. The molecule has 0 heterocycles. The molecule has 0 fully saturated rings. The lowest BCUT2D eigenvalue weighted by molar-refractivity contribution is 0.871. The van der Waals surface area contributed by atoms with E-state index in [1.165, 1.54) is 0 Å². The van der Waals surface area contributed by atoms with Crippen LogP contribution < -0.4 is 11.1 Å². The lowest BCUT2D eigenvalue weighted by Gasteiger charge is -2.18. The van der Waals surface area contributed by atoms with Crippen molar-refractivity contribution >= 4 is 17.3 Å². The average molecular weight is 263 g/mol. The standard InChI is InChI=1S/C15H19ClN2/c1-4-6-11(7-5-2)15(17)13-10-12(16)8-9-14(13)18-3/h4-10,15,18H,1,17H2,2-3H3. The summed E-state index contributed by atoms with van der Waals surface area (Å²) in [4.78, 5) is 0. The number of nitrogens with one attached hydrogen (secondary N) is 1. The molecule has 96 valence electrons. The summed E-state index contributed by atoms with van der Waals surface area (Å²) in [5.41, 5.74) is 9.23. The molecule has 1 unspecified atom stereocenters. The fraction of sp³-hybridized carbons (Fsp3) is 0.200. The minimum absolute atomic E-state index is 0.236. The third-order valence-electron chi connectivity index (χ3n) is 2.65. The first-order valence-electron chi connectivity index (χ1n) is 5.82. The highest BCUT2D eigenvalue weighted by Crippen LogP contribution is 2.29. The lowest BCUT2D eigenvalue weighted by Crippen LogP contribution is -2.14. The zero-order valence-electron chi connectivity index (χ0n) is 10.8. The fourth-order valence-electron chi connectivity index (χ4n) is 1.79. The van der Waals surface area contributed by atoms with Crippen LogP contribution in [0.3, 0.4) is 0 Å². The lowest BCUT2D eigenvalue weighted by atomic mass is 9.97. The van der Waals surface area contributed by atoms with Crippen molar-refractivity contribution in [3.63, 3.8) is 0 Å². The quantitative estimate of drug-likeness (QED) is 0.785. The molecule has 3 N–H and O–H groups in total. The number of halogens is 1. The van der Waals surface area contributed by atoms with E-state index in [-0.39, 0.29) is 6.04 Å². The summed E-state index contributed by atoms with van der Waals surface area (Å²) in [6, 6.07) is 5.42. The Morgan fingerprint density at radius 1 is 1.50 bits per heavy atom. The van der Waals surface area contributed by atoms with Gasteiger partial charge in [-0.3, -0.25) is 0 Å². The van der Waals surface area contributed by atoms with E-state index in [9.17, 15) is 0 Å². The molecule has 0 amide bonds. The van der Waals surface area contributed by atoms with Gasteiger partial charge in [0.15, 0.2) is 0 Å². The second-order valence-corrected chi connectivity index (χ2v) is 4.30. The van der Waals surface area contributed by atoms with E-state index in [0.29, 0.717) is 5.02 Å². The zero-order chi connectivity index (χ0) is 13.5. The Bertz CT molecular complexity index is 475. The van der Waals surface area contributed by atoms with Crippen molar-refractivity contribution < 1.29 is 0 Å². The van der Waals surface area contributed by atoms with Crippen LogP contribution in [0, 0.1) is 0 Å². The van der Waals surface area contributed by atoms with Crippen molar-refractivity contribution in [3.8, 4) is 0 Å². The van der Waals surface area contributed by atoms with Crippen LogP contribution in [-0.2, 0) is 0 Å². The van der Waals surface area contributed by atoms with Crippen LogP contribution in [0.5, 0.6) is 0 Å². The molecule has 1 rings (SSSR count). The summed E-state index contributed by atoms with van der Waals surface area (Å²) < 4.78 is 0. The number of rotatable bonds is 5. The molecule has 0 aliphatic carbocycles. The molecule has 1 atom stereocenters. The van der Waals surface area contributed by atoms with E-state index < -0.39 is 0 Å². The molecule has 1 aromatic rings. The van der Waals surface area contributed by atoms with Gasteiger partial charge in [0.25, 0.3) is 0 Å². The Kier molecular flexibility index (Phi) is 5.69. The summed E-state index contributed by atoms with van der Waals surface area (Å²) in [5, 5.41) is 3.81. The Hall–Kier alpha value is -1.51. The maximum absolute atomic E-state index is 6.29. The highest BCUT2D eigenvalue weighted by molar-refractivity contribution is 6.30. The number of hydrogen-bond acceptors (Lipinski definition) is 2. The predicted octanol–water partition coefficient (Wildman–Crippen LogP) is 4.07. The molecule has 2 nitrogen and oxygen atoms in total. The van der Waals surface area contributed by atoms with Gasteiger partial charge in [-0.05, 0) is 36.3 Å². The van der Waals surface area contributed by atoms with Gasteiger partial charge in [0.2, 0.25) is 0 Å². The van der Waals surface area contributed by atoms with E-state index in [0.717, 1.165) is 16.8 Å². The van der Waals surface area contributed by atoms with Gasteiger partial charge in [-0.1, -0.05) is 42.5 Å². The summed E-state index contributed by atoms with van der Waals surface area (Å²) in [6.45, 7) is 5.67. The van der Waals surface area contributed by atoms with Crippen molar-refractivity contribution in [1.29, 1.82) is 0 Å². The first-order valence-corrected chi connectivity index (χ1v) is 6.20. The highest BCUT2D eigenvalue weighted by Gasteiger charge is 2.13. The van der Waals surface area contributed by atoms with Gasteiger partial charge in [-0.2, -0.15) is 0 Å². The normalized spacial score (nSPS) is 13.7. The minimum Gasteiger partial charge on any atom is -0.388 e. The monoisotopic (exact) mass is 262 g/mol. The summed E-state index contributed by atoms with van der Waals surface area (Å²) >= 11 is 6.04. The summed E-state index contributed by atoms with van der Waals surface area (Å²) in [5.74, 6) is 0. The molecule has 0 aliphatic heterocycles. The predicted molar refractivity (Wildman–Crippen MR) is 81.0 cm³/mol. The third-order valence-corrected chi connectivity index (χ3v) is 2.88. The molecular formula is C15H19ClN2. The summed E-state index contributed by atoms with van der Waals surface area (Å²) in [6.07, 6.45) is 7.58. The number of anilines is 1. The average Bonchev–Trinajstić information content (AvgIpc) is 2.37. The van der Waals surface area contributed by atoms with E-state index in [1.807, 2.05) is 50.4 Å². The minimum atomic E-state index is -0.236. The van der Waals surface area contributed by atoms with E-state index >= 15 is 0 Å². The fourth-order valence-corrected chi connectivity index (χ4v) is 1.97. The second kappa shape index (κ2) is 7.04. The maximum Gasteiger partial charge on any atom is 0.0572 e. The van der Waals surface area contributed by atoms with Crippen LogP contribution in [0.2, 0.25) is 5.02 Å². The molecule has 18 heavy (non-hydrogen) atoms. The Labute approximate surface area is 114 Å². The Morgan fingerprint density at radius 2 is 2.22 bits per heavy atom. The van der Waals surface area contributed by atoms with Crippen molar-refractivity contribution in [2.24, 2.45) is 5.73 Å². The van der Waals surface area contributed by atoms with E-state index in [2.05, 4.69) is 11.9 Å². The van der Waals surface area contributed by atoms with Crippen LogP contribution >= 0.6 is 11.6 Å². The Balaban J connectivity index is 3.23. The number of hydrogen-bond donors (Lipinski definition) is 2. The summed E-state index contributed by atoms with van der Waals surface area (Å²) in [7, 11) is 1.87. The van der Waals surface area contributed by atoms with Gasteiger partial charge in [-0.15, -0.1) is 0 Å². The van der Waals surface area contributed by atoms with Crippen LogP contribution in [0.4, 0.5) is 5.69 Å². The van der Waals surface area contributed by atoms with E-state index in [1.54, 1.807) is 6.08 Å². The molecule has 1 aromatic carbocycles. The van der Waals surface area contributed by atoms with Crippen LogP contribution in [0.25, 0.3) is 0 Å². The third kappa shape index (κ3) is 3.49. The van der Waals surface area contributed by atoms with Gasteiger partial charge in [0.1, 0.15) is 0 Å². The zero-order valence-corrected chi connectivity index (χ0v) is 11.5. The SMILES string of the molecule is C=CC=C(C=CC)C(N)c1cc(Cl)ccc1NC. The first kappa shape index (κ1) is 14.6. The smallest absolute Gasteiger partial charge is 0.0572 e. The molecule has 0 radical (unpaired) electrons. The maximum atomic E-state index is 6.29. The first-order chi connectivity index (χ1) is 8.63. The van der Waals surface area contributed by atoms with Gasteiger partial charge in [0.05, 0.1) is 6.04 Å². The van der Waals surface area contributed by atoms with Crippen LogP contribution in [0.15, 0.2) is 54.7 Å². The molecule has 0 saturated carbocycles. The molecule has 0 bridgehead atoms. The van der Waals surface area contributed by atoms with Gasteiger partial charge < -0.3 is 11.1 Å².